The number of imidazole rings is 1. The van der Waals surface area contributed by atoms with Crippen LogP contribution in [0.3, 0.4) is 0 Å². The third-order valence-corrected chi connectivity index (χ3v) is 4.53. The number of aryl methyl sites for hydroxylation is 2. The van der Waals surface area contributed by atoms with Crippen molar-refractivity contribution in [1.82, 2.24) is 20.3 Å². The van der Waals surface area contributed by atoms with Gasteiger partial charge in [-0.1, -0.05) is 12.1 Å². The normalized spacial score (nSPS) is 11.2. The van der Waals surface area contributed by atoms with Crippen LogP contribution in [0.1, 0.15) is 58.2 Å². The summed E-state index contributed by atoms with van der Waals surface area (Å²) in [4.78, 5) is 35.6. The molecular formula is C21H26N4O3. The number of para-hydroxylation sites is 2. The first-order valence-electron chi connectivity index (χ1n) is 9.48. The number of nitrogens with zero attached hydrogens (tertiary/aromatic N) is 1. The maximum atomic E-state index is 12.5. The average Bonchev–Trinajstić information content (AvgIpc) is 3.18. The Morgan fingerprint density at radius 2 is 1.93 bits per heavy atom. The van der Waals surface area contributed by atoms with Crippen molar-refractivity contribution in [3.63, 3.8) is 0 Å². The first-order chi connectivity index (χ1) is 13.4. The number of amides is 1. The van der Waals surface area contributed by atoms with Crippen molar-refractivity contribution in [2.24, 2.45) is 0 Å². The quantitative estimate of drug-likeness (QED) is 0.430. The van der Waals surface area contributed by atoms with E-state index in [9.17, 15) is 9.59 Å². The van der Waals surface area contributed by atoms with Crippen LogP contribution in [0.5, 0.6) is 0 Å². The maximum absolute atomic E-state index is 12.5. The van der Waals surface area contributed by atoms with Crippen molar-refractivity contribution in [2.45, 2.75) is 46.6 Å². The van der Waals surface area contributed by atoms with E-state index in [1.807, 2.05) is 24.3 Å². The molecule has 0 fully saturated rings. The van der Waals surface area contributed by atoms with E-state index in [0.29, 0.717) is 29.1 Å². The number of benzene rings is 1. The van der Waals surface area contributed by atoms with Gasteiger partial charge in [0.15, 0.2) is 0 Å². The Kier molecular flexibility index (Phi) is 5.82. The Hall–Kier alpha value is -3.09. The molecule has 7 heteroatoms. The van der Waals surface area contributed by atoms with Crippen LogP contribution in [-0.2, 0) is 11.2 Å². The van der Waals surface area contributed by atoms with Crippen LogP contribution in [0.4, 0.5) is 0 Å². The van der Waals surface area contributed by atoms with Gasteiger partial charge in [0, 0.05) is 18.7 Å². The summed E-state index contributed by atoms with van der Waals surface area (Å²) in [5, 5.41) is 2.90. The highest BCUT2D eigenvalue weighted by Crippen LogP contribution is 2.19. The standard InChI is InChI=1S/C21H26N4O3/c1-12(2)28-21(27)18-13(3)19(23-14(18)4)20(26)22-11-7-10-17-24-15-8-5-6-9-16(15)25-17/h5-6,8-9,12,23H,7,10-11H2,1-4H3,(H,22,26)(H,24,25). The molecule has 1 aromatic carbocycles. The molecule has 0 saturated carbocycles. The van der Waals surface area contributed by atoms with E-state index in [-0.39, 0.29) is 12.0 Å². The zero-order valence-corrected chi connectivity index (χ0v) is 16.7. The summed E-state index contributed by atoms with van der Waals surface area (Å²) in [6.45, 7) is 7.63. The molecule has 148 valence electrons. The maximum Gasteiger partial charge on any atom is 0.340 e. The van der Waals surface area contributed by atoms with Gasteiger partial charge in [-0.3, -0.25) is 4.79 Å². The lowest BCUT2D eigenvalue weighted by atomic mass is 10.1. The summed E-state index contributed by atoms with van der Waals surface area (Å²) in [7, 11) is 0. The summed E-state index contributed by atoms with van der Waals surface area (Å²) >= 11 is 0. The topological polar surface area (TPSA) is 99.9 Å². The summed E-state index contributed by atoms with van der Waals surface area (Å²) < 4.78 is 5.26. The first kappa shape index (κ1) is 19.7. The van der Waals surface area contributed by atoms with Crippen LogP contribution in [-0.4, -0.2) is 39.5 Å². The molecule has 0 atom stereocenters. The number of hydrogen-bond acceptors (Lipinski definition) is 4. The number of nitrogens with one attached hydrogen (secondary N) is 3. The van der Waals surface area contributed by atoms with Gasteiger partial charge in [0.2, 0.25) is 0 Å². The third-order valence-electron chi connectivity index (χ3n) is 4.53. The molecule has 3 rings (SSSR count). The lowest BCUT2D eigenvalue weighted by Gasteiger charge is -2.08. The Bertz CT molecular complexity index is 967. The number of carbonyl (C=O) groups excluding carboxylic acids is 2. The lowest BCUT2D eigenvalue weighted by molar-refractivity contribution is 0.0376. The van der Waals surface area contributed by atoms with Gasteiger partial charge in [0.1, 0.15) is 11.5 Å². The summed E-state index contributed by atoms with van der Waals surface area (Å²) in [6, 6.07) is 7.89. The fraction of sp³-hybridized carbons (Fsp3) is 0.381. The average molecular weight is 382 g/mol. The molecule has 0 spiro atoms. The number of aromatic amines is 2. The molecule has 7 nitrogen and oxygen atoms in total. The second-order valence-corrected chi connectivity index (χ2v) is 7.14. The molecule has 0 radical (unpaired) electrons. The first-order valence-corrected chi connectivity index (χ1v) is 9.48. The fourth-order valence-corrected chi connectivity index (χ4v) is 3.23. The highest BCUT2D eigenvalue weighted by atomic mass is 16.5. The number of esters is 1. The summed E-state index contributed by atoms with van der Waals surface area (Å²) in [5.74, 6) is 0.264. The van der Waals surface area contributed by atoms with Crippen LogP contribution in [0.2, 0.25) is 0 Å². The monoisotopic (exact) mass is 382 g/mol. The Morgan fingerprint density at radius 3 is 2.64 bits per heavy atom. The van der Waals surface area contributed by atoms with Crippen LogP contribution >= 0.6 is 0 Å². The van der Waals surface area contributed by atoms with Gasteiger partial charge in [0.05, 0.1) is 22.7 Å². The van der Waals surface area contributed by atoms with E-state index in [2.05, 4.69) is 20.3 Å². The van der Waals surface area contributed by atoms with E-state index in [1.165, 1.54) is 0 Å². The van der Waals surface area contributed by atoms with Crippen LogP contribution in [0.15, 0.2) is 24.3 Å². The number of fused-ring (bicyclic) bond motifs is 1. The number of hydrogen-bond donors (Lipinski definition) is 3. The van der Waals surface area contributed by atoms with Gasteiger partial charge in [-0.05, 0) is 51.8 Å². The number of aromatic nitrogens is 3. The molecule has 3 N–H and O–H groups in total. The highest BCUT2D eigenvalue weighted by molar-refractivity contribution is 6.00. The van der Waals surface area contributed by atoms with Gasteiger partial charge in [-0.25, -0.2) is 9.78 Å². The van der Waals surface area contributed by atoms with E-state index >= 15 is 0 Å². The molecule has 2 heterocycles. The molecule has 28 heavy (non-hydrogen) atoms. The predicted octanol–water partition coefficient (Wildman–Crippen LogP) is 3.44. The molecule has 1 amide bonds. The molecule has 0 aliphatic carbocycles. The van der Waals surface area contributed by atoms with Crippen LogP contribution in [0.25, 0.3) is 11.0 Å². The Morgan fingerprint density at radius 1 is 1.18 bits per heavy atom. The van der Waals surface area contributed by atoms with Crippen molar-refractivity contribution in [2.75, 3.05) is 6.54 Å². The van der Waals surface area contributed by atoms with Crippen molar-refractivity contribution in [1.29, 1.82) is 0 Å². The molecule has 0 aliphatic heterocycles. The smallest absolute Gasteiger partial charge is 0.340 e. The number of H-pyrrole nitrogens is 2. The van der Waals surface area contributed by atoms with Crippen LogP contribution < -0.4 is 5.32 Å². The summed E-state index contributed by atoms with van der Waals surface area (Å²) in [5.41, 5.74) is 4.03. The molecular weight excluding hydrogens is 356 g/mol. The van der Waals surface area contributed by atoms with Gasteiger partial charge >= 0.3 is 5.97 Å². The number of rotatable bonds is 7. The van der Waals surface area contributed by atoms with Gasteiger partial charge in [-0.2, -0.15) is 0 Å². The lowest BCUT2D eigenvalue weighted by Crippen LogP contribution is -2.26. The highest BCUT2D eigenvalue weighted by Gasteiger charge is 2.23. The van der Waals surface area contributed by atoms with Crippen molar-refractivity contribution < 1.29 is 14.3 Å². The molecule has 0 bridgehead atoms. The second kappa shape index (κ2) is 8.29. The second-order valence-electron chi connectivity index (χ2n) is 7.14. The third kappa shape index (κ3) is 4.24. The van der Waals surface area contributed by atoms with E-state index in [4.69, 9.17) is 4.74 Å². The summed E-state index contributed by atoms with van der Waals surface area (Å²) in [6.07, 6.45) is 1.28. The molecule has 3 aromatic rings. The Balaban J connectivity index is 1.57. The zero-order chi connectivity index (χ0) is 20.3. The molecule has 0 saturated heterocycles. The van der Waals surface area contributed by atoms with Crippen molar-refractivity contribution in [3.05, 3.63) is 52.6 Å². The minimum Gasteiger partial charge on any atom is -0.459 e. The Labute approximate surface area is 163 Å². The minimum atomic E-state index is -0.412. The number of carbonyl (C=O) groups is 2. The molecule has 0 unspecified atom stereocenters. The van der Waals surface area contributed by atoms with Gasteiger partial charge < -0.3 is 20.0 Å². The van der Waals surface area contributed by atoms with E-state index in [0.717, 1.165) is 29.7 Å². The minimum absolute atomic E-state index is 0.211. The van der Waals surface area contributed by atoms with Crippen LogP contribution in [0, 0.1) is 13.8 Å². The largest absolute Gasteiger partial charge is 0.459 e. The van der Waals surface area contributed by atoms with E-state index in [1.54, 1.807) is 27.7 Å². The molecule has 0 aliphatic rings. The zero-order valence-electron chi connectivity index (χ0n) is 16.7. The molecule has 2 aromatic heterocycles. The van der Waals surface area contributed by atoms with Crippen molar-refractivity contribution in [3.8, 4) is 0 Å². The van der Waals surface area contributed by atoms with E-state index < -0.39 is 5.97 Å². The van der Waals surface area contributed by atoms with Gasteiger partial charge in [-0.15, -0.1) is 0 Å². The number of ether oxygens (including phenoxy) is 1. The van der Waals surface area contributed by atoms with Crippen molar-refractivity contribution >= 4 is 22.9 Å². The van der Waals surface area contributed by atoms with Gasteiger partial charge in [0.25, 0.3) is 5.91 Å². The SMILES string of the molecule is Cc1[nH]c(C(=O)NCCCc2nc3ccccc3[nH]2)c(C)c1C(=O)OC(C)C. The predicted molar refractivity (Wildman–Crippen MR) is 108 cm³/mol. The fourth-order valence-electron chi connectivity index (χ4n) is 3.23.